The fourth-order valence-electron chi connectivity index (χ4n) is 2.51. The predicted molar refractivity (Wildman–Crippen MR) is 106 cm³/mol. The zero-order valence-electron chi connectivity index (χ0n) is 15.9. The molecule has 0 amide bonds. The Morgan fingerprint density at radius 2 is 1.79 bits per heavy atom. The van der Waals surface area contributed by atoms with E-state index < -0.39 is 11.6 Å². The van der Waals surface area contributed by atoms with E-state index in [4.69, 9.17) is 10.6 Å². The minimum atomic E-state index is -0.876. The highest BCUT2D eigenvalue weighted by atomic mass is 32.2. The first-order valence-corrected chi connectivity index (χ1v) is 9.72. The van der Waals surface area contributed by atoms with E-state index in [2.05, 4.69) is 31.0 Å². The van der Waals surface area contributed by atoms with Gasteiger partial charge in [0, 0.05) is 11.3 Å². The monoisotopic (exact) mass is 404 g/mol. The lowest BCUT2D eigenvalue weighted by atomic mass is 9.87. The second-order valence-corrected chi connectivity index (χ2v) is 8.28. The van der Waals surface area contributed by atoms with Crippen molar-refractivity contribution in [2.24, 2.45) is 0 Å². The Bertz CT molecular complexity index is 952. The molecule has 0 unspecified atom stereocenters. The summed E-state index contributed by atoms with van der Waals surface area (Å²) < 4.78 is 34.0. The Hall–Kier alpha value is -2.61. The van der Waals surface area contributed by atoms with Crippen molar-refractivity contribution in [1.82, 2.24) is 14.9 Å². The molecule has 3 rings (SSSR count). The van der Waals surface area contributed by atoms with Crippen LogP contribution in [0.1, 0.15) is 37.7 Å². The quantitative estimate of drug-likeness (QED) is 0.486. The Kier molecular flexibility index (Phi) is 5.88. The number of thioether (sulfide) groups is 1. The molecule has 0 aliphatic heterocycles. The molecule has 0 atom stereocenters. The van der Waals surface area contributed by atoms with Gasteiger partial charge in [0.15, 0.2) is 17.5 Å². The summed E-state index contributed by atoms with van der Waals surface area (Å²) in [5, 5.41) is 8.40. The molecule has 8 heteroatoms. The topological polar surface area (TPSA) is 66.0 Å². The zero-order chi connectivity index (χ0) is 20.3. The molecule has 1 heterocycles. The summed E-state index contributed by atoms with van der Waals surface area (Å²) in [6.07, 6.45) is 0. The molecule has 148 valence electrons. The van der Waals surface area contributed by atoms with E-state index in [-0.39, 0.29) is 23.3 Å². The van der Waals surface area contributed by atoms with Gasteiger partial charge in [-0.3, -0.25) is 0 Å². The number of aromatic nitrogens is 3. The molecule has 0 aliphatic rings. The maximum atomic E-state index is 13.7. The van der Waals surface area contributed by atoms with Gasteiger partial charge in [-0.1, -0.05) is 56.8 Å². The number of hydrogen-bond donors (Lipinski definition) is 1. The molecule has 0 bridgehead atoms. The third-order valence-electron chi connectivity index (χ3n) is 4.21. The summed E-state index contributed by atoms with van der Waals surface area (Å²) in [5.41, 5.74) is 1.53. The predicted octanol–water partition coefficient (Wildman–Crippen LogP) is 4.44. The van der Waals surface area contributed by atoms with Crippen molar-refractivity contribution >= 4 is 11.8 Å². The molecule has 3 aromatic rings. The van der Waals surface area contributed by atoms with Gasteiger partial charge in [-0.05, 0) is 29.2 Å². The number of rotatable bonds is 6. The van der Waals surface area contributed by atoms with Gasteiger partial charge in [-0.25, -0.2) is 13.5 Å². The SMILES string of the molecule is CC(C)(C)c1ccc(OCc2nnc(SCc3cccc(F)c3F)n2N)cc1. The van der Waals surface area contributed by atoms with E-state index in [0.717, 1.165) is 6.07 Å². The number of hydrogen-bond acceptors (Lipinski definition) is 5. The fraction of sp³-hybridized carbons (Fsp3) is 0.300. The van der Waals surface area contributed by atoms with Gasteiger partial charge in [0.1, 0.15) is 12.4 Å². The second kappa shape index (κ2) is 8.18. The van der Waals surface area contributed by atoms with E-state index >= 15 is 0 Å². The van der Waals surface area contributed by atoms with Gasteiger partial charge in [0.25, 0.3) is 0 Å². The second-order valence-electron chi connectivity index (χ2n) is 7.33. The van der Waals surface area contributed by atoms with Gasteiger partial charge in [0.2, 0.25) is 5.16 Å². The normalized spacial score (nSPS) is 11.6. The maximum Gasteiger partial charge on any atom is 0.210 e. The Morgan fingerprint density at radius 3 is 2.46 bits per heavy atom. The molecule has 28 heavy (non-hydrogen) atoms. The van der Waals surface area contributed by atoms with Crippen LogP contribution in [0.5, 0.6) is 5.75 Å². The number of benzene rings is 2. The van der Waals surface area contributed by atoms with Crippen LogP contribution in [0.15, 0.2) is 47.6 Å². The Labute approximate surface area is 166 Å². The zero-order valence-corrected chi connectivity index (χ0v) is 16.8. The molecule has 0 radical (unpaired) electrons. The third kappa shape index (κ3) is 4.62. The summed E-state index contributed by atoms with van der Waals surface area (Å²) in [5.74, 6) is 5.59. The third-order valence-corrected chi connectivity index (χ3v) is 5.20. The summed E-state index contributed by atoms with van der Waals surface area (Å²) in [4.78, 5) is 0. The average Bonchev–Trinajstić information content (AvgIpc) is 3.01. The molecule has 2 N–H and O–H groups in total. The number of nitrogen functional groups attached to an aromatic ring is 1. The van der Waals surface area contributed by atoms with Crippen molar-refractivity contribution in [1.29, 1.82) is 0 Å². The summed E-state index contributed by atoms with van der Waals surface area (Å²) in [6, 6.07) is 11.9. The Balaban J connectivity index is 1.61. The van der Waals surface area contributed by atoms with Crippen LogP contribution in [0, 0.1) is 11.6 Å². The lowest BCUT2D eigenvalue weighted by Crippen LogP contribution is -2.16. The molecule has 0 aliphatic carbocycles. The standard InChI is InChI=1S/C20H22F2N4OS/c1-20(2,3)14-7-9-15(10-8-14)27-11-17-24-25-19(26(17)23)28-12-13-5-4-6-16(21)18(13)22/h4-10H,11-12,23H2,1-3H3. The highest BCUT2D eigenvalue weighted by Gasteiger charge is 2.15. The fourth-order valence-corrected chi connectivity index (χ4v) is 3.36. The highest BCUT2D eigenvalue weighted by Crippen LogP contribution is 2.25. The van der Waals surface area contributed by atoms with E-state index in [1.165, 1.54) is 34.1 Å². The largest absolute Gasteiger partial charge is 0.486 e. The minimum Gasteiger partial charge on any atom is -0.486 e. The van der Waals surface area contributed by atoms with Crippen LogP contribution in [0.3, 0.4) is 0 Å². The molecule has 5 nitrogen and oxygen atoms in total. The van der Waals surface area contributed by atoms with Crippen molar-refractivity contribution in [2.45, 2.75) is 43.7 Å². The van der Waals surface area contributed by atoms with E-state index in [1.54, 1.807) is 0 Å². The summed E-state index contributed by atoms with van der Waals surface area (Å²) >= 11 is 1.17. The molecular formula is C20H22F2N4OS. The first kappa shape index (κ1) is 20.1. The van der Waals surface area contributed by atoms with E-state index in [9.17, 15) is 8.78 Å². The lowest BCUT2D eigenvalue weighted by molar-refractivity contribution is 0.291. The highest BCUT2D eigenvalue weighted by molar-refractivity contribution is 7.98. The molecular weight excluding hydrogens is 382 g/mol. The van der Waals surface area contributed by atoms with Crippen molar-refractivity contribution in [3.05, 3.63) is 71.1 Å². The Morgan fingerprint density at radius 1 is 1.07 bits per heavy atom. The van der Waals surface area contributed by atoms with Crippen LogP contribution in [0.2, 0.25) is 0 Å². The molecule has 0 fully saturated rings. The summed E-state index contributed by atoms with van der Waals surface area (Å²) in [6.45, 7) is 6.59. The van der Waals surface area contributed by atoms with Gasteiger partial charge in [-0.15, -0.1) is 10.2 Å². The van der Waals surface area contributed by atoms with Gasteiger partial charge in [0.05, 0.1) is 0 Å². The van der Waals surface area contributed by atoms with Gasteiger partial charge < -0.3 is 10.6 Å². The van der Waals surface area contributed by atoms with Crippen molar-refractivity contribution in [2.75, 3.05) is 5.84 Å². The van der Waals surface area contributed by atoms with E-state index in [1.807, 2.05) is 24.3 Å². The number of ether oxygens (including phenoxy) is 1. The molecule has 1 aromatic heterocycles. The number of halogens is 2. The van der Waals surface area contributed by atoms with Crippen LogP contribution in [-0.4, -0.2) is 14.9 Å². The summed E-state index contributed by atoms with van der Waals surface area (Å²) in [7, 11) is 0. The van der Waals surface area contributed by atoms with Crippen LogP contribution >= 0.6 is 11.8 Å². The van der Waals surface area contributed by atoms with E-state index in [0.29, 0.717) is 16.7 Å². The molecule has 0 saturated heterocycles. The van der Waals surface area contributed by atoms with Crippen LogP contribution in [0.25, 0.3) is 0 Å². The molecule has 2 aromatic carbocycles. The minimum absolute atomic E-state index is 0.0726. The maximum absolute atomic E-state index is 13.7. The smallest absolute Gasteiger partial charge is 0.210 e. The van der Waals surface area contributed by atoms with Crippen molar-refractivity contribution < 1.29 is 13.5 Å². The van der Waals surface area contributed by atoms with Crippen molar-refractivity contribution in [3.8, 4) is 5.75 Å². The van der Waals surface area contributed by atoms with Gasteiger partial charge >= 0.3 is 0 Å². The molecule has 0 saturated carbocycles. The number of nitrogens with two attached hydrogens (primary N) is 1. The average molecular weight is 404 g/mol. The first-order valence-electron chi connectivity index (χ1n) is 8.74. The number of nitrogens with zero attached hydrogens (tertiary/aromatic N) is 3. The van der Waals surface area contributed by atoms with Gasteiger partial charge in [-0.2, -0.15) is 0 Å². The molecule has 0 spiro atoms. The van der Waals surface area contributed by atoms with Crippen LogP contribution < -0.4 is 10.6 Å². The lowest BCUT2D eigenvalue weighted by Gasteiger charge is -2.19. The van der Waals surface area contributed by atoms with Crippen LogP contribution in [-0.2, 0) is 17.8 Å². The van der Waals surface area contributed by atoms with Crippen LogP contribution in [0.4, 0.5) is 8.78 Å². The first-order chi connectivity index (χ1) is 13.3. The van der Waals surface area contributed by atoms with Crippen molar-refractivity contribution in [3.63, 3.8) is 0 Å².